The van der Waals surface area contributed by atoms with Crippen LogP contribution in [0, 0.1) is 13.8 Å². The van der Waals surface area contributed by atoms with Crippen LogP contribution in [-0.4, -0.2) is 61.7 Å². The Hall–Kier alpha value is -3.07. The Kier molecular flexibility index (Phi) is 9.66. The van der Waals surface area contributed by atoms with Gasteiger partial charge in [-0.3, -0.25) is 4.79 Å². The van der Waals surface area contributed by atoms with Gasteiger partial charge in [-0.1, -0.05) is 29.3 Å². The molecule has 9 heteroatoms. The second kappa shape index (κ2) is 13.1. The molecule has 202 valence electrons. The van der Waals surface area contributed by atoms with Gasteiger partial charge < -0.3 is 24.6 Å². The van der Waals surface area contributed by atoms with Gasteiger partial charge in [-0.25, -0.2) is 4.79 Å². The van der Waals surface area contributed by atoms with E-state index in [0.717, 1.165) is 23.1 Å². The monoisotopic (exact) mass is 555 g/mol. The van der Waals surface area contributed by atoms with Crippen LogP contribution in [0.1, 0.15) is 34.0 Å². The lowest BCUT2D eigenvalue weighted by atomic mass is 10.0. The normalized spacial score (nSPS) is 14.6. The molecule has 3 amide bonds. The molecule has 2 heterocycles. The van der Waals surface area contributed by atoms with Gasteiger partial charge in [-0.05, 0) is 79.6 Å². The number of anilines is 1. The van der Waals surface area contributed by atoms with E-state index in [9.17, 15) is 9.59 Å². The minimum Gasteiger partial charge on any atom is -0.491 e. The van der Waals surface area contributed by atoms with Crippen LogP contribution >= 0.6 is 22.9 Å². The number of nitrogens with zero attached hydrogens (tertiary/aromatic N) is 2. The molecule has 7 nitrogen and oxygen atoms in total. The summed E-state index contributed by atoms with van der Waals surface area (Å²) >= 11 is 7.88. The van der Waals surface area contributed by atoms with E-state index >= 15 is 0 Å². The van der Waals surface area contributed by atoms with Crippen LogP contribution in [0.5, 0.6) is 5.75 Å². The van der Waals surface area contributed by atoms with Gasteiger partial charge in [0.25, 0.3) is 0 Å². The zero-order valence-corrected chi connectivity index (χ0v) is 23.6. The molecule has 2 aromatic carbocycles. The van der Waals surface area contributed by atoms with E-state index in [2.05, 4.69) is 16.8 Å². The fourth-order valence-electron chi connectivity index (χ4n) is 4.50. The van der Waals surface area contributed by atoms with E-state index in [4.69, 9.17) is 21.1 Å². The van der Waals surface area contributed by atoms with E-state index in [0.29, 0.717) is 49.2 Å². The largest absolute Gasteiger partial charge is 0.491 e. The van der Waals surface area contributed by atoms with E-state index in [1.807, 2.05) is 61.2 Å². The SMILES string of the molecule is COCCCN(CC(=O)N1CCc2sccc2[C@H]1COc1ccc(Cl)c(C)c1)C(=O)Nc1ccc(C)cc1. The number of fused-ring (bicyclic) bond motifs is 1. The molecule has 1 N–H and O–H groups in total. The average molecular weight is 556 g/mol. The number of nitrogens with one attached hydrogen (secondary N) is 1. The van der Waals surface area contributed by atoms with E-state index in [1.54, 1.807) is 23.3 Å². The molecule has 0 unspecified atom stereocenters. The standard InChI is InChI=1S/C29H34ClN3O4S/c1-20-5-7-22(8-6-20)31-29(35)32(13-4-15-36-3)18-28(34)33-14-11-27-24(12-16-38-27)26(33)19-37-23-9-10-25(30)21(2)17-23/h5-10,12,16-17,26H,4,11,13-15,18-19H2,1-3H3,(H,31,35)/t26-/m1/s1. The molecule has 4 rings (SSSR count). The van der Waals surface area contributed by atoms with E-state index in [-0.39, 0.29) is 24.5 Å². The second-order valence-electron chi connectivity index (χ2n) is 9.44. The molecule has 1 aliphatic rings. The molecule has 0 spiro atoms. The first-order chi connectivity index (χ1) is 18.4. The van der Waals surface area contributed by atoms with Crippen molar-refractivity contribution in [1.82, 2.24) is 9.80 Å². The number of methoxy groups -OCH3 is 1. The Bertz CT molecular complexity index is 1250. The third-order valence-electron chi connectivity index (χ3n) is 6.65. The van der Waals surface area contributed by atoms with Crippen LogP contribution in [0.2, 0.25) is 5.02 Å². The maximum atomic E-state index is 13.7. The summed E-state index contributed by atoms with van der Waals surface area (Å²) < 4.78 is 11.3. The molecular formula is C29H34ClN3O4S. The Morgan fingerprint density at radius 1 is 1.16 bits per heavy atom. The molecule has 1 atom stereocenters. The van der Waals surface area contributed by atoms with Gasteiger partial charge in [0.2, 0.25) is 5.91 Å². The number of thiophene rings is 1. The van der Waals surface area contributed by atoms with Crippen molar-refractivity contribution in [3.63, 3.8) is 0 Å². The number of ether oxygens (including phenoxy) is 2. The van der Waals surface area contributed by atoms with E-state index < -0.39 is 0 Å². The summed E-state index contributed by atoms with van der Waals surface area (Å²) in [7, 11) is 1.63. The Morgan fingerprint density at radius 2 is 1.95 bits per heavy atom. The molecule has 3 aromatic rings. The number of aryl methyl sites for hydroxylation is 2. The maximum Gasteiger partial charge on any atom is 0.322 e. The average Bonchev–Trinajstić information content (AvgIpc) is 3.39. The highest BCUT2D eigenvalue weighted by atomic mass is 35.5. The van der Waals surface area contributed by atoms with Crippen LogP contribution < -0.4 is 10.1 Å². The van der Waals surface area contributed by atoms with E-state index in [1.165, 1.54) is 4.88 Å². The number of carbonyl (C=O) groups is 2. The minimum atomic E-state index is -0.309. The van der Waals surface area contributed by atoms with Crippen molar-refractivity contribution in [2.75, 3.05) is 45.3 Å². The Balaban J connectivity index is 1.49. The van der Waals surface area contributed by atoms with Crippen LogP contribution in [0.3, 0.4) is 0 Å². The molecule has 0 aliphatic carbocycles. The molecular weight excluding hydrogens is 522 g/mol. The number of halogens is 1. The van der Waals surface area contributed by atoms with Gasteiger partial charge in [0.15, 0.2) is 0 Å². The van der Waals surface area contributed by atoms with Crippen LogP contribution in [0.25, 0.3) is 0 Å². The summed E-state index contributed by atoms with van der Waals surface area (Å²) in [6.45, 7) is 5.69. The van der Waals surface area contributed by atoms with Crippen LogP contribution in [-0.2, 0) is 16.0 Å². The quantitative estimate of drug-likeness (QED) is 0.307. The molecule has 1 aromatic heterocycles. The van der Waals surface area contributed by atoms with Gasteiger partial charge in [0.05, 0.1) is 6.04 Å². The maximum absolute atomic E-state index is 13.7. The summed E-state index contributed by atoms with van der Waals surface area (Å²) in [5.74, 6) is 0.597. The zero-order chi connectivity index (χ0) is 27.1. The second-order valence-corrected chi connectivity index (χ2v) is 10.8. The van der Waals surface area contributed by atoms with Crippen molar-refractivity contribution in [2.45, 2.75) is 32.7 Å². The summed E-state index contributed by atoms with van der Waals surface area (Å²) in [5, 5.41) is 5.67. The smallest absolute Gasteiger partial charge is 0.322 e. The fraction of sp³-hybridized carbons (Fsp3) is 0.379. The number of urea groups is 1. The molecule has 0 bridgehead atoms. The van der Waals surface area contributed by atoms with Gasteiger partial charge in [0, 0.05) is 42.4 Å². The lowest BCUT2D eigenvalue weighted by Gasteiger charge is -2.37. The number of carbonyl (C=O) groups excluding carboxylic acids is 2. The molecule has 0 saturated heterocycles. The predicted octanol–water partition coefficient (Wildman–Crippen LogP) is 6.09. The van der Waals surface area contributed by atoms with Crippen molar-refractivity contribution in [3.05, 3.63) is 80.5 Å². The molecule has 1 aliphatic heterocycles. The minimum absolute atomic E-state index is 0.0303. The van der Waals surface area contributed by atoms with Crippen LogP contribution in [0.4, 0.5) is 10.5 Å². The first kappa shape index (κ1) is 28.0. The van der Waals surface area contributed by atoms with Crippen molar-refractivity contribution in [1.29, 1.82) is 0 Å². The predicted molar refractivity (Wildman–Crippen MR) is 152 cm³/mol. The van der Waals surface area contributed by atoms with Gasteiger partial charge in [-0.2, -0.15) is 0 Å². The number of hydrogen-bond acceptors (Lipinski definition) is 5. The van der Waals surface area contributed by atoms with Crippen molar-refractivity contribution >= 4 is 40.6 Å². The van der Waals surface area contributed by atoms with Crippen LogP contribution in [0.15, 0.2) is 53.9 Å². The highest BCUT2D eigenvalue weighted by Gasteiger charge is 2.33. The summed E-state index contributed by atoms with van der Waals surface area (Å²) in [6, 6.07) is 14.7. The summed E-state index contributed by atoms with van der Waals surface area (Å²) in [5.41, 5.74) is 3.84. The lowest BCUT2D eigenvalue weighted by Crippen LogP contribution is -2.49. The number of hydrogen-bond donors (Lipinski definition) is 1. The Morgan fingerprint density at radius 3 is 2.68 bits per heavy atom. The highest BCUT2D eigenvalue weighted by Crippen LogP contribution is 2.34. The fourth-order valence-corrected chi connectivity index (χ4v) is 5.55. The first-order valence-corrected chi connectivity index (χ1v) is 14.0. The van der Waals surface area contributed by atoms with Gasteiger partial charge in [0.1, 0.15) is 18.9 Å². The molecule has 0 fully saturated rings. The lowest BCUT2D eigenvalue weighted by molar-refractivity contribution is -0.135. The van der Waals surface area contributed by atoms with Gasteiger partial charge >= 0.3 is 6.03 Å². The third-order valence-corrected chi connectivity index (χ3v) is 8.07. The first-order valence-electron chi connectivity index (χ1n) is 12.7. The number of benzene rings is 2. The zero-order valence-electron chi connectivity index (χ0n) is 22.0. The summed E-state index contributed by atoms with van der Waals surface area (Å²) in [4.78, 5) is 31.6. The van der Waals surface area contributed by atoms with Gasteiger partial charge in [-0.15, -0.1) is 11.3 Å². The molecule has 38 heavy (non-hydrogen) atoms. The van der Waals surface area contributed by atoms with Crippen molar-refractivity contribution in [3.8, 4) is 5.75 Å². The third kappa shape index (κ3) is 7.07. The number of rotatable bonds is 10. The van der Waals surface area contributed by atoms with Crippen molar-refractivity contribution in [2.24, 2.45) is 0 Å². The topological polar surface area (TPSA) is 71.1 Å². The number of amides is 3. The molecule has 0 saturated carbocycles. The van der Waals surface area contributed by atoms with Crippen molar-refractivity contribution < 1.29 is 19.1 Å². The summed E-state index contributed by atoms with van der Waals surface area (Å²) in [6.07, 6.45) is 1.41. The molecule has 0 radical (unpaired) electrons. The highest BCUT2D eigenvalue weighted by molar-refractivity contribution is 7.10. The Labute approximate surface area is 233 Å².